The Kier molecular flexibility index (Phi) is 7.19. The zero-order valence-corrected chi connectivity index (χ0v) is 20.4. The minimum absolute atomic E-state index is 0.0398. The molecule has 0 saturated heterocycles. The summed E-state index contributed by atoms with van der Waals surface area (Å²) in [6.07, 6.45) is 0. The van der Waals surface area contributed by atoms with Gasteiger partial charge in [-0.3, -0.25) is 19.3 Å². The van der Waals surface area contributed by atoms with E-state index in [4.69, 9.17) is 51.8 Å². The first-order valence-corrected chi connectivity index (χ1v) is 11.5. The SMILES string of the molecule is O=C1c2ccccc2C(=O)N1CCOC(=S)N(C(=O)c1ccc(Cl)c(Cl)c1)c1ccc(Cl)cc1. The predicted octanol–water partition coefficient (Wildman–Crippen LogP) is 5.89. The van der Waals surface area contributed by atoms with Gasteiger partial charge in [0.2, 0.25) is 0 Å². The Hall–Kier alpha value is -2.97. The van der Waals surface area contributed by atoms with E-state index in [0.29, 0.717) is 26.9 Å². The number of nitrogens with zero attached hydrogens (tertiary/aromatic N) is 2. The molecular formula is C24H15Cl3N2O4S. The number of carbonyl (C=O) groups is 3. The van der Waals surface area contributed by atoms with Crippen LogP contribution in [0, 0.1) is 0 Å². The van der Waals surface area contributed by atoms with E-state index in [1.807, 2.05) is 0 Å². The van der Waals surface area contributed by atoms with Crippen LogP contribution in [0.5, 0.6) is 0 Å². The number of halogens is 3. The highest BCUT2D eigenvalue weighted by molar-refractivity contribution is 7.80. The van der Waals surface area contributed by atoms with E-state index >= 15 is 0 Å². The van der Waals surface area contributed by atoms with E-state index in [0.717, 1.165) is 4.90 Å². The minimum Gasteiger partial charge on any atom is -0.468 e. The number of hydrogen-bond acceptors (Lipinski definition) is 5. The van der Waals surface area contributed by atoms with E-state index in [1.165, 1.54) is 23.1 Å². The highest BCUT2D eigenvalue weighted by Crippen LogP contribution is 2.26. The fourth-order valence-electron chi connectivity index (χ4n) is 3.39. The van der Waals surface area contributed by atoms with E-state index in [-0.39, 0.29) is 28.9 Å². The van der Waals surface area contributed by atoms with Crippen LogP contribution in [0.25, 0.3) is 0 Å². The van der Waals surface area contributed by atoms with Crippen LogP contribution < -0.4 is 4.90 Å². The summed E-state index contributed by atoms with van der Waals surface area (Å²) in [7, 11) is 0. The summed E-state index contributed by atoms with van der Waals surface area (Å²) in [5, 5.41) is 0.815. The zero-order valence-electron chi connectivity index (χ0n) is 17.3. The Morgan fingerprint density at radius 3 is 2.09 bits per heavy atom. The van der Waals surface area contributed by atoms with Gasteiger partial charge in [0.1, 0.15) is 6.61 Å². The number of rotatable bonds is 5. The Labute approximate surface area is 215 Å². The normalized spacial score (nSPS) is 12.5. The van der Waals surface area contributed by atoms with Gasteiger partial charge in [0, 0.05) is 10.6 Å². The van der Waals surface area contributed by atoms with Gasteiger partial charge in [0.05, 0.1) is 33.4 Å². The van der Waals surface area contributed by atoms with E-state index in [2.05, 4.69) is 0 Å². The van der Waals surface area contributed by atoms with Gasteiger partial charge in [-0.1, -0.05) is 46.9 Å². The molecule has 3 amide bonds. The van der Waals surface area contributed by atoms with Crippen molar-refractivity contribution in [2.45, 2.75) is 0 Å². The number of amides is 3. The van der Waals surface area contributed by atoms with Gasteiger partial charge in [-0.25, -0.2) is 4.90 Å². The van der Waals surface area contributed by atoms with Crippen molar-refractivity contribution in [1.29, 1.82) is 0 Å². The van der Waals surface area contributed by atoms with E-state index in [9.17, 15) is 14.4 Å². The molecule has 0 bridgehead atoms. The summed E-state index contributed by atoms with van der Waals surface area (Å²) in [5.41, 5.74) is 1.32. The number of benzene rings is 3. The van der Waals surface area contributed by atoms with Gasteiger partial charge in [-0.2, -0.15) is 0 Å². The number of thiocarbonyl (C=S) groups is 1. The van der Waals surface area contributed by atoms with Gasteiger partial charge in [-0.05, 0) is 66.8 Å². The molecule has 3 aromatic carbocycles. The van der Waals surface area contributed by atoms with Crippen molar-refractivity contribution in [1.82, 2.24) is 4.90 Å². The fourth-order valence-corrected chi connectivity index (χ4v) is 4.08. The highest BCUT2D eigenvalue weighted by atomic mass is 35.5. The van der Waals surface area contributed by atoms with Crippen LogP contribution in [0.4, 0.5) is 5.69 Å². The maximum absolute atomic E-state index is 13.3. The standard InChI is InChI=1S/C24H15Cl3N2O4S/c25-15-6-8-16(9-7-15)29(21(30)14-5-10-19(26)20(27)13-14)24(34)33-12-11-28-22(31)17-3-1-2-4-18(17)23(28)32/h1-10,13H,11-12H2. The molecule has 0 aliphatic carbocycles. The van der Waals surface area contributed by atoms with Crippen LogP contribution in [0.2, 0.25) is 15.1 Å². The number of fused-ring (bicyclic) bond motifs is 1. The van der Waals surface area contributed by atoms with Gasteiger partial charge in [0.15, 0.2) is 0 Å². The van der Waals surface area contributed by atoms with Crippen molar-refractivity contribution >= 4 is 75.6 Å². The summed E-state index contributed by atoms with van der Waals surface area (Å²) in [4.78, 5) is 40.6. The third-order valence-electron chi connectivity index (χ3n) is 5.06. The molecule has 0 radical (unpaired) electrons. The van der Waals surface area contributed by atoms with Crippen LogP contribution in [0.3, 0.4) is 0 Å². The van der Waals surface area contributed by atoms with Crippen molar-refractivity contribution in [3.63, 3.8) is 0 Å². The number of anilines is 1. The van der Waals surface area contributed by atoms with Crippen molar-refractivity contribution in [2.75, 3.05) is 18.1 Å². The Morgan fingerprint density at radius 1 is 0.882 bits per heavy atom. The van der Waals surface area contributed by atoms with Crippen molar-refractivity contribution in [2.24, 2.45) is 0 Å². The zero-order chi connectivity index (χ0) is 24.4. The van der Waals surface area contributed by atoms with Gasteiger partial charge >= 0.3 is 0 Å². The molecule has 1 aliphatic rings. The second-order valence-corrected chi connectivity index (χ2v) is 8.77. The monoisotopic (exact) mass is 532 g/mol. The van der Waals surface area contributed by atoms with Crippen molar-refractivity contribution in [3.05, 3.63) is 98.5 Å². The van der Waals surface area contributed by atoms with Gasteiger partial charge in [-0.15, -0.1) is 0 Å². The molecule has 3 aromatic rings. The molecule has 172 valence electrons. The summed E-state index contributed by atoms with van der Waals surface area (Å²) in [6.45, 7) is -0.148. The summed E-state index contributed by atoms with van der Waals surface area (Å²) < 4.78 is 5.64. The Bertz CT molecular complexity index is 1280. The molecule has 0 atom stereocenters. The van der Waals surface area contributed by atoms with Crippen LogP contribution in [-0.2, 0) is 4.74 Å². The lowest BCUT2D eigenvalue weighted by Crippen LogP contribution is -2.39. The number of imide groups is 1. The number of ether oxygens (including phenoxy) is 1. The molecule has 0 spiro atoms. The molecule has 0 N–H and O–H groups in total. The second kappa shape index (κ2) is 10.1. The van der Waals surface area contributed by atoms with Crippen LogP contribution in [-0.4, -0.2) is 40.9 Å². The molecule has 0 unspecified atom stereocenters. The molecule has 6 nitrogen and oxygen atoms in total. The first-order chi connectivity index (χ1) is 16.3. The fraction of sp³-hybridized carbons (Fsp3) is 0.0833. The summed E-state index contributed by atoms with van der Waals surface area (Å²) in [6, 6.07) is 17.4. The molecule has 0 saturated carbocycles. The Morgan fingerprint density at radius 2 is 1.50 bits per heavy atom. The smallest absolute Gasteiger partial charge is 0.271 e. The minimum atomic E-state index is -0.508. The van der Waals surface area contributed by atoms with Gasteiger partial charge in [0.25, 0.3) is 22.9 Å². The second-order valence-electron chi connectivity index (χ2n) is 7.17. The first kappa shape index (κ1) is 24.2. The maximum Gasteiger partial charge on any atom is 0.271 e. The van der Waals surface area contributed by atoms with Crippen molar-refractivity contribution in [3.8, 4) is 0 Å². The largest absolute Gasteiger partial charge is 0.468 e. The molecule has 34 heavy (non-hydrogen) atoms. The first-order valence-electron chi connectivity index (χ1n) is 9.95. The molecule has 1 heterocycles. The average Bonchev–Trinajstić information content (AvgIpc) is 3.07. The third-order valence-corrected chi connectivity index (χ3v) is 6.35. The lowest BCUT2D eigenvalue weighted by Gasteiger charge is -2.24. The lowest BCUT2D eigenvalue weighted by molar-refractivity contribution is 0.0627. The summed E-state index contributed by atoms with van der Waals surface area (Å²) in [5.74, 6) is -1.32. The predicted molar refractivity (Wildman–Crippen MR) is 135 cm³/mol. The van der Waals surface area contributed by atoms with Gasteiger partial charge < -0.3 is 4.74 Å². The molecule has 0 aromatic heterocycles. The summed E-state index contributed by atoms with van der Waals surface area (Å²) >= 11 is 23.4. The number of hydrogen-bond donors (Lipinski definition) is 0. The highest BCUT2D eigenvalue weighted by Gasteiger charge is 2.35. The topological polar surface area (TPSA) is 66.9 Å². The van der Waals surface area contributed by atoms with Crippen LogP contribution in [0.1, 0.15) is 31.1 Å². The van der Waals surface area contributed by atoms with Crippen LogP contribution >= 0.6 is 47.0 Å². The Balaban J connectivity index is 1.51. The van der Waals surface area contributed by atoms with Crippen molar-refractivity contribution < 1.29 is 19.1 Å². The molecule has 4 rings (SSSR count). The average molecular weight is 534 g/mol. The molecule has 1 aliphatic heterocycles. The van der Waals surface area contributed by atoms with E-state index < -0.39 is 17.7 Å². The van der Waals surface area contributed by atoms with Crippen LogP contribution in [0.15, 0.2) is 66.7 Å². The molecule has 0 fully saturated rings. The quantitative estimate of drug-likeness (QED) is 0.302. The third kappa shape index (κ3) is 4.79. The van der Waals surface area contributed by atoms with E-state index in [1.54, 1.807) is 48.5 Å². The maximum atomic E-state index is 13.3. The lowest BCUT2D eigenvalue weighted by atomic mass is 10.1. The molecule has 10 heteroatoms. The molecular weight excluding hydrogens is 519 g/mol. The number of carbonyl (C=O) groups excluding carboxylic acids is 3.